The molecule has 0 aromatic carbocycles. The van der Waals surface area contributed by atoms with Gasteiger partial charge in [0, 0.05) is 39.3 Å². The van der Waals surface area contributed by atoms with Crippen LogP contribution < -0.4 is 5.32 Å². The molecule has 0 aliphatic carbocycles. The zero-order chi connectivity index (χ0) is 19.1. The lowest BCUT2D eigenvalue weighted by Gasteiger charge is -2.42. The molecule has 1 atom stereocenters. The van der Waals surface area contributed by atoms with Crippen LogP contribution in [0.3, 0.4) is 0 Å². The van der Waals surface area contributed by atoms with E-state index in [9.17, 15) is 9.59 Å². The largest absolute Gasteiger partial charge is 0.383 e. The Morgan fingerprint density at radius 2 is 2.04 bits per heavy atom. The number of carbonyl (C=O) groups excluding carboxylic acids is 2. The normalized spacial score (nSPS) is 22.0. The van der Waals surface area contributed by atoms with E-state index >= 15 is 0 Å². The molecule has 3 heterocycles. The van der Waals surface area contributed by atoms with Gasteiger partial charge in [0.2, 0.25) is 11.8 Å². The van der Waals surface area contributed by atoms with Gasteiger partial charge in [0.15, 0.2) is 0 Å². The zero-order valence-corrected chi connectivity index (χ0v) is 15.9. The third-order valence-corrected chi connectivity index (χ3v) is 5.45. The minimum absolute atomic E-state index is 0.0507. The summed E-state index contributed by atoms with van der Waals surface area (Å²) in [5.74, 6) is 0.232. The van der Waals surface area contributed by atoms with Gasteiger partial charge in [-0.1, -0.05) is 0 Å². The number of rotatable bonds is 7. The van der Waals surface area contributed by atoms with Crippen molar-refractivity contribution in [1.29, 1.82) is 0 Å². The van der Waals surface area contributed by atoms with Gasteiger partial charge in [-0.25, -0.2) is 4.68 Å². The van der Waals surface area contributed by atoms with Crippen LogP contribution in [0.15, 0.2) is 6.33 Å². The van der Waals surface area contributed by atoms with Crippen molar-refractivity contribution in [2.45, 2.75) is 38.3 Å². The van der Waals surface area contributed by atoms with Gasteiger partial charge in [-0.2, -0.15) is 0 Å². The summed E-state index contributed by atoms with van der Waals surface area (Å²) >= 11 is 0. The maximum absolute atomic E-state index is 12.3. The Balaban J connectivity index is 1.43. The minimum Gasteiger partial charge on any atom is -0.383 e. The topological polar surface area (TPSA) is 105 Å². The quantitative estimate of drug-likeness (QED) is 0.615. The number of carbonyl (C=O) groups is 2. The van der Waals surface area contributed by atoms with Crippen molar-refractivity contribution in [2.75, 3.05) is 46.4 Å². The van der Waals surface area contributed by atoms with Crippen LogP contribution in [0, 0.1) is 5.92 Å². The number of hydrogen-bond acceptors (Lipinski definition) is 7. The Hall–Kier alpha value is -2.07. The van der Waals surface area contributed by atoms with Crippen LogP contribution in [0.25, 0.3) is 0 Å². The monoisotopic (exact) mass is 379 g/mol. The molecule has 2 aliphatic rings. The highest BCUT2D eigenvalue weighted by Gasteiger charge is 2.32. The molecule has 0 spiro atoms. The van der Waals surface area contributed by atoms with Crippen molar-refractivity contribution in [3.05, 3.63) is 6.33 Å². The van der Waals surface area contributed by atoms with Crippen LogP contribution in [0.5, 0.6) is 0 Å². The first-order chi connectivity index (χ1) is 13.2. The zero-order valence-electron chi connectivity index (χ0n) is 15.9. The van der Waals surface area contributed by atoms with E-state index in [0.717, 1.165) is 51.9 Å². The maximum Gasteiger partial charge on any atom is 0.244 e. The maximum atomic E-state index is 12.3. The standard InChI is InChI=1S/C17H29N7O3/c1-27-10-6-18-17(26)14-3-2-7-23(11-14)15-4-8-22(9-5-15)16(25)12-24-13-19-20-21-24/h13-15H,2-12H2,1H3,(H,18,26). The SMILES string of the molecule is COCCNC(=O)C1CCCN(C2CCN(C(=O)Cn3cnnn3)CC2)C1. The number of aromatic nitrogens is 4. The number of likely N-dealkylation sites (tertiary alicyclic amines) is 2. The van der Waals surface area contributed by atoms with E-state index in [0.29, 0.717) is 19.2 Å². The van der Waals surface area contributed by atoms with Gasteiger partial charge >= 0.3 is 0 Å². The molecular weight excluding hydrogens is 350 g/mol. The Bertz CT molecular complexity index is 602. The summed E-state index contributed by atoms with van der Waals surface area (Å²) in [6, 6.07) is 0.441. The molecule has 3 rings (SSSR count). The second kappa shape index (κ2) is 9.75. The third kappa shape index (κ3) is 5.46. The van der Waals surface area contributed by atoms with E-state index in [1.54, 1.807) is 7.11 Å². The van der Waals surface area contributed by atoms with E-state index in [1.165, 1.54) is 11.0 Å². The van der Waals surface area contributed by atoms with Crippen LogP contribution in [-0.2, 0) is 20.9 Å². The van der Waals surface area contributed by atoms with E-state index in [2.05, 4.69) is 25.7 Å². The van der Waals surface area contributed by atoms with Gasteiger partial charge in [-0.3, -0.25) is 14.5 Å². The lowest BCUT2D eigenvalue weighted by Crippen LogP contribution is -2.52. The number of nitrogens with one attached hydrogen (secondary N) is 1. The molecule has 0 bridgehead atoms. The lowest BCUT2D eigenvalue weighted by molar-refractivity contribution is -0.133. The molecule has 27 heavy (non-hydrogen) atoms. The van der Waals surface area contributed by atoms with Crippen LogP contribution in [0.1, 0.15) is 25.7 Å². The van der Waals surface area contributed by atoms with Crippen molar-refractivity contribution in [3.8, 4) is 0 Å². The summed E-state index contributed by atoms with van der Waals surface area (Å²) in [7, 11) is 1.63. The fourth-order valence-corrected chi connectivity index (χ4v) is 3.94. The predicted octanol–water partition coefficient (Wildman–Crippen LogP) is -0.861. The van der Waals surface area contributed by atoms with Crippen molar-refractivity contribution >= 4 is 11.8 Å². The lowest BCUT2D eigenvalue weighted by atomic mass is 9.93. The van der Waals surface area contributed by atoms with Crippen molar-refractivity contribution in [3.63, 3.8) is 0 Å². The van der Waals surface area contributed by atoms with Crippen LogP contribution in [-0.4, -0.2) is 94.3 Å². The van der Waals surface area contributed by atoms with Gasteiger partial charge < -0.3 is 15.0 Å². The van der Waals surface area contributed by atoms with Crippen LogP contribution >= 0.6 is 0 Å². The molecule has 2 fully saturated rings. The number of methoxy groups -OCH3 is 1. The number of ether oxygens (including phenoxy) is 1. The fraction of sp³-hybridized carbons (Fsp3) is 0.824. The molecule has 0 radical (unpaired) electrons. The molecular formula is C17H29N7O3. The molecule has 10 heteroatoms. The van der Waals surface area contributed by atoms with Crippen LogP contribution in [0.2, 0.25) is 0 Å². The molecule has 1 aromatic rings. The Morgan fingerprint density at radius 1 is 1.22 bits per heavy atom. The van der Waals surface area contributed by atoms with E-state index in [1.807, 2.05) is 4.90 Å². The molecule has 150 valence electrons. The molecule has 1 N–H and O–H groups in total. The highest BCUT2D eigenvalue weighted by Crippen LogP contribution is 2.24. The van der Waals surface area contributed by atoms with E-state index in [4.69, 9.17) is 4.74 Å². The molecule has 2 aliphatic heterocycles. The smallest absolute Gasteiger partial charge is 0.244 e. The third-order valence-electron chi connectivity index (χ3n) is 5.45. The summed E-state index contributed by atoms with van der Waals surface area (Å²) in [6.07, 6.45) is 5.33. The second-order valence-corrected chi connectivity index (χ2v) is 7.24. The number of amides is 2. The van der Waals surface area contributed by atoms with Gasteiger partial charge in [0.1, 0.15) is 12.9 Å². The van der Waals surface area contributed by atoms with E-state index < -0.39 is 0 Å². The molecule has 10 nitrogen and oxygen atoms in total. The minimum atomic E-state index is 0.0507. The van der Waals surface area contributed by atoms with Gasteiger partial charge in [0.05, 0.1) is 12.5 Å². The Kier molecular flexibility index (Phi) is 7.11. The number of piperidine rings is 2. The Morgan fingerprint density at radius 3 is 2.74 bits per heavy atom. The average molecular weight is 379 g/mol. The highest BCUT2D eigenvalue weighted by atomic mass is 16.5. The van der Waals surface area contributed by atoms with Crippen molar-refractivity contribution in [1.82, 2.24) is 35.3 Å². The van der Waals surface area contributed by atoms with E-state index in [-0.39, 0.29) is 24.3 Å². The molecule has 2 amide bonds. The predicted molar refractivity (Wildman–Crippen MR) is 96.6 cm³/mol. The summed E-state index contributed by atoms with van der Waals surface area (Å²) in [4.78, 5) is 29.0. The first-order valence-electron chi connectivity index (χ1n) is 9.66. The second-order valence-electron chi connectivity index (χ2n) is 7.24. The average Bonchev–Trinajstić information content (AvgIpc) is 3.21. The first-order valence-corrected chi connectivity index (χ1v) is 9.66. The summed E-state index contributed by atoms with van der Waals surface area (Å²) in [5.41, 5.74) is 0. The molecule has 2 saturated heterocycles. The van der Waals surface area contributed by atoms with Gasteiger partial charge in [-0.15, -0.1) is 5.10 Å². The van der Waals surface area contributed by atoms with Crippen molar-refractivity contribution in [2.24, 2.45) is 5.92 Å². The summed E-state index contributed by atoms with van der Waals surface area (Å²) in [6.45, 7) is 4.62. The first kappa shape index (κ1) is 19.7. The number of hydrogen-bond donors (Lipinski definition) is 1. The Labute approximate surface area is 159 Å². The van der Waals surface area contributed by atoms with Crippen molar-refractivity contribution < 1.29 is 14.3 Å². The highest BCUT2D eigenvalue weighted by molar-refractivity contribution is 5.79. The number of nitrogens with zero attached hydrogens (tertiary/aromatic N) is 6. The van der Waals surface area contributed by atoms with Gasteiger partial charge in [0.25, 0.3) is 0 Å². The molecule has 1 aromatic heterocycles. The van der Waals surface area contributed by atoms with Gasteiger partial charge in [-0.05, 0) is 42.7 Å². The number of tetrazole rings is 1. The summed E-state index contributed by atoms with van der Waals surface area (Å²) < 4.78 is 6.44. The van der Waals surface area contributed by atoms with Crippen LogP contribution in [0.4, 0.5) is 0 Å². The molecule has 0 saturated carbocycles. The molecule has 1 unspecified atom stereocenters. The fourth-order valence-electron chi connectivity index (χ4n) is 3.94. The summed E-state index contributed by atoms with van der Waals surface area (Å²) in [5, 5.41) is 13.8.